The summed E-state index contributed by atoms with van der Waals surface area (Å²) < 4.78 is 6.28. The second kappa shape index (κ2) is 7.42. The van der Waals surface area contributed by atoms with Gasteiger partial charge in [0.2, 0.25) is 11.8 Å². The van der Waals surface area contributed by atoms with E-state index in [9.17, 15) is 4.79 Å². The van der Waals surface area contributed by atoms with E-state index in [-0.39, 0.29) is 12.1 Å². The van der Waals surface area contributed by atoms with Gasteiger partial charge in [0, 0.05) is 44.6 Å². The Bertz CT molecular complexity index is 701. The van der Waals surface area contributed by atoms with Crippen molar-refractivity contribution >= 4 is 5.91 Å². The summed E-state index contributed by atoms with van der Waals surface area (Å²) in [6.07, 6.45) is 11.7. The van der Waals surface area contributed by atoms with Gasteiger partial charge in [-0.1, -0.05) is 19.3 Å². The molecule has 0 radical (unpaired) electrons. The van der Waals surface area contributed by atoms with E-state index in [1.807, 2.05) is 6.07 Å². The molecular weight excluding hydrogens is 338 g/mol. The van der Waals surface area contributed by atoms with Gasteiger partial charge >= 0.3 is 0 Å². The molecule has 0 N–H and O–H groups in total. The van der Waals surface area contributed by atoms with Gasteiger partial charge in [-0.2, -0.15) is 0 Å². The van der Waals surface area contributed by atoms with E-state index in [0.717, 1.165) is 62.8 Å². The third kappa shape index (κ3) is 3.46. The summed E-state index contributed by atoms with van der Waals surface area (Å²) in [6, 6.07) is 5.23. The van der Waals surface area contributed by atoms with Gasteiger partial charge in [-0.3, -0.25) is 9.69 Å². The Hall–Kier alpha value is -1.62. The zero-order valence-corrected chi connectivity index (χ0v) is 16.2. The molecule has 1 amide bonds. The lowest BCUT2D eigenvalue weighted by Gasteiger charge is -2.35. The molecule has 146 valence electrons. The maximum Gasteiger partial charge on any atom is 0.223 e. The normalized spacial score (nSPS) is 29.5. The molecule has 2 atom stereocenters. The topological polar surface area (TPSA) is 45.7 Å². The number of ether oxygens (including phenoxy) is 1. The summed E-state index contributed by atoms with van der Waals surface area (Å²) in [4.78, 5) is 22.0. The van der Waals surface area contributed by atoms with Crippen LogP contribution in [-0.2, 0) is 11.2 Å². The SMILES string of the molecule is O=C1CCCCC2c3ccc(OC4CCN(C5CCCC5)C4)nc3CCN12. The van der Waals surface area contributed by atoms with Crippen LogP contribution in [0, 0.1) is 0 Å². The fraction of sp³-hybridized carbons (Fsp3) is 0.727. The zero-order chi connectivity index (χ0) is 18.2. The molecule has 0 spiro atoms. The summed E-state index contributed by atoms with van der Waals surface area (Å²) in [5, 5.41) is 0. The van der Waals surface area contributed by atoms with Gasteiger partial charge < -0.3 is 9.64 Å². The highest BCUT2D eigenvalue weighted by atomic mass is 16.5. The van der Waals surface area contributed by atoms with Crippen molar-refractivity contribution in [1.82, 2.24) is 14.8 Å². The van der Waals surface area contributed by atoms with Crippen molar-refractivity contribution in [2.24, 2.45) is 0 Å². The molecule has 1 aromatic rings. The Labute approximate surface area is 162 Å². The van der Waals surface area contributed by atoms with Gasteiger partial charge in [0.1, 0.15) is 6.10 Å². The minimum Gasteiger partial charge on any atom is -0.473 e. The molecule has 0 bridgehead atoms. The molecular formula is C22H31N3O2. The van der Waals surface area contributed by atoms with Gasteiger partial charge in [0.05, 0.1) is 11.7 Å². The maximum atomic E-state index is 12.4. The summed E-state index contributed by atoms with van der Waals surface area (Å²) in [6.45, 7) is 3.03. The number of rotatable bonds is 3. The van der Waals surface area contributed by atoms with E-state index < -0.39 is 0 Å². The first-order chi connectivity index (χ1) is 13.3. The number of fused-ring (bicyclic) bond motifs is 3. The minimum atomic E-state index is 0.231. The van der Waals surface area contributed by atoms with Crippen LogP contribution < -0.4 is 4.74 Å². The van der Waals surface area contributed by atoms with Gasteiger partial charge in [-0.25, -0.2) is 4.98 Å². The Morgan fingerprint density at radius 2 is 1.81 bits per heavy atom. The molecule has 1 saturated carbocycles. The van der Waals surface area contributed by atoms with Crippen LogP contribution in [-0.4, -0.2) is 52.5 Å². The second-order valence-corrected chi connectivity index (χ2v) is 8.75. The average molecular weight is 370 g/mol. The van der Waals surface area contributed by atoms with Crippen molar-refractivity contribution in [2.75, 3.05) is 19.6 Å². The van der Waals surface area contributed by atoms with E-state index in [0.29, 0.717) is 12.3 Å². The highest BCUT2D eigenvalue weighted by molar-refractivity contribution is 5.77. The average Bonchev–Trinajstić information content (AvgIpc) is 3.33. The first-order valence-corrected chi connectivity index (χ1v) is 11.0. The van der Waals surface area contributed by atoms with Crippen LogP contribution in [0.5, 0.6) is 5.88 Å². The van der Waals surface area contributed by atoms with Crippen molar-refractivity contribution in [1.29, 1.82) is 0 Å². The minimum absolute atomic E-state index is 0.231. The zero-order valence-electron chi connectivity index (χ0n) is 16.2. The van der Waals surface area contributed by atoms with E-state index >= 15 is 0 Å². The predicted molar refractivity (Wildman–Crippen MR) is 104 cm³/mol. The third-order valence-corrected chi connectivity index (χ3v) is 7.05. The van der Waals surface area contributed by atoms with Crippen molar-refractivity contribution in [3.05, 3.63) is 23.4 Å². The number of amides is 1. The lowest BCUT2D eigenvalue weighted by atomic mass is 9.94. The number of aromatic nitrogens is 1. The molecule has 5 rings (SSSR count). The largest absolute Gasteiger partial charge is 0.473 e. The molecule has 0 aromatic carbocycles. The number of carbonyl (C=O) groups is 1. The van der Waals surface area contributed by atoms with E-state index in [2.05, 4.69) is 15.9 Å². The maximum absolute atomic E-state index is 12.4. The molecule has 27 heavy (non-hydrogen) atoms. The Morgan fingerprint density at radius 1 is 0.963 bits per heavy atom. The van der Waals surface area contributed by atoms with E-state index in [1.54, 1.807) is 0 Å². The monoisotopic (exact) mass is 369 g/mol. The molecule has 3 aliphatic heterocycles. The standard InChI is InChI=1S/C22H31N3O2/c26-22-8-4-3-7-20-18-9-10-21(23-19(18)12-14-25(20)22)27-17-11-13-24(15-17)16-5-1-2-6-16/h9-10,16-17,20H,1-8,11-15H2. The first-order valence-electron chi connectivity index (χ1n) is 11.0. The fourth-order valence-corrected chi connectivity index (χ4v) is 5.60. The number of carbonyl (C=O) groups excluding carboxylic acids is 1. The van der Waals surface area contributed by atoms with Crippen LogP contribution in [0.25, 0.3) is 0 Å². The van der Waals surface area contributed by atoms with Gasteiger partial charge in [0.25, 0.3) is 0 Å². The van der Waals surface area contributed by atoms with Gasteiger partial charge in [-0.05, 0) is 43.7 Å². The number of hydrogen-bond donors (Lipinski definition) is 0. The number of nitrogens with zero attached hydrogens (tertiary/aromatic N) is 3. The van der Waals surface area contributed by atoms with Crippen LogP contribution >= 0.6 is 0 Å². The number of hydrogen-bond acceptors (Lipinski definition) is 4. The van der Waals surface area contributed by atoms with Crippen LogP contribution in [0.2, 0.25) is 0 Å². The molecule has 2 unspecified atom stereocenters. The third-order valence-electron chi connectivity index (χ3n) is 7.05. The molecule has 1 aliphatic carbocycles. The van der Waals surface area contributed by atoms with Crippen LogP contribution in [0.1, 0.15) is 75.1 Å². The number of pyridine rings is 1. The summed E-state index contributed by atoms with van der Waals surface area (Å²) in [5.74, 6) is 1.10. The molecule has 5 nitrogen and oxygen atoms in total. The van der Waals surface area contributed by atoms with E-state index in [1.165, 1.54) is 37.8 Å². The Kier molecular flexibility index (Phi) is 4.80. The number of likely N-dealkylation sites (tertiary alicyclic amines) is 1. The highest BCUT2D eigenvalue weighted by Crippen LogP contribution is 2.36. The Morgan fingerprint density at radius 3 is 2.70 bits per heavy atom. The van der Waals surface area contributed by atoms with Gasteiger partial charge in [0.15, 0.2) is 0 Å². The van der Waals surface area contributed by atoms with Crippen molar-refractivity contribution < 1.29 is 9.53 Å². The predicted octanol–water partition coefficient (Wildman–Crippen LogP) is 3.48. The van der Waals surface area contributed by atoms with Crippen molar-refractivity contribution in [2.45, 2.75) is 82.4 Å². The summed E-state index contributed by atoms with van der Waals surface area (Å²) >= 11 is 0. The quantitative estimate of drug-likeness (QED) is 0.818. The fourth-order valence-electron chi connectivity index (χ4n) is 5.60. The highest BCUT2D eigenvalue weighted by Gasteiger charge is 2.34. The summed E-state index contributed by atoms with van der Waals surface area (Å²) in [5.41, 5.74) is 2.40. The van der Waals surface area contributed by atoms with Crippen LogP contribution in [0.3, 0.4) is 0 Å². The van der Waals surface area contributed by atoms with Crippen molar-refractivity contribution in [3.63, 3.8) is 0 Å². The van der Waals surface area contributed by atoms with Gasteiger partial charge in [-0.15, -0.1) is 0 Å². The van der Waals surface area contributed by atoms with Crippen molar-refractivity contribution in [3.8, 4) is 5.88 Å². The second-order valence-electron chi connectivity index (χ2n) is 8.75. The van der Waals surface area contributed by atoms with Crippen LogP contribution in [0.4, 0.5) is 0 Å². The Balaban J connectivity index is 1.27. The van der Waals surface area contributed by atoms with E-state index in [4.69, 9.17) is 9.72 Å². The molecule has 4 heterocycles. The molecule has 2 saturated heterocycles. The smallest absolute Gasteiger partial charge is 0.223 e. The summed E-state index contributed by atoms with van der Waals surface area (Å²) in [7, 11) is 0. The lowest BCUT2D eigenvalue weighted by molar-refractivity contribution is -0.133. The first kappa shape index (κ1) is 17.5. The molecule has 4 aliphatic rings. The lowest BCUT2D eigenvalue weighted by Crippen LogP contribution is -2.39. The molecule has 5 heteroatoms. The van der Waals surface area contributed by atoms with Crippen LogP contribution in [0.15, 0.2) is 12.1 Å². The molecule has 1 aromatic heterocycles. The molecule has 3 fully saturated rings.